The van der Waals surface area contributed by atoms with Crippen molar-refractivity contribution in [1.82, 2.24) is 0 Å². The van der Waals surface area contributed by atoms with E-state index in [0.29, 0.717) is 39.9 Å². The molecule has 4 aliphatic rings. The van der Waals surface area contributed by atoms with Crippen molar-refractivity contribution in [2.24, 2.45) is 29.1 Å². The fraction of sp³-hybridized carbons (Fsp3) is 0.696. The van der Waals surface area contributed by atoms with Gasteiger partial charge in [-0.2, -0.15) is 0 Å². The van der Waals surface area contributed by atoms with Crippen LogP contribution in [0.5, 0.6) is 0 Å². The van der Waals surface area contributed by atoms with Crippen molar-refractivity contribution in [3.05, 3.63) is 22.8 Å². The van der Waals surface area contributed by atoms with Gasteiger partial charge in [0.1, 0.15) is 6.10 Å². The summed E-state index contributed by atoms with van der Waals surface area (Å²) in [6, 6.07) is 0. The number of hydrogen-bond donors (Lipinski definition) is 0. The number of allylic oxidation sites excluding steroid dienone is 4. The molecule has 0 heterocycles. The third kappa shape index (κ3) is 3.43. The summed E-state index contributed by atoms with van der Waals surface area (Å²) < 4.78 is 5.79. The molecule has 2 bridgehead atoms. The quantitative estimate of drug-likeness (QED) is 0.529. The summed E-state index contributed by atoms with van der Waals surface area (Å²) in [5.74, 6) is 1.16. The van der Waals surface area contributed by atoms with Crippen LogP contribution in [0.15, 0.2) is 22.8 Å². The van der Waals surface area contributed by atoms with Crippen molar-refractivity contribution in [2.75, 3.05) is 0 Å². The molecule has 0 amide bonds. The van der Waals surface area contributed by atoms with Crippen molar-refractivity contribution >= 4 is 17.5 Å². The Morgan fingerprint density at radius 2 is 1.93 bits per heavy atom. The van der Waals surface area contributed by atoms with E-state index >= 15 is 0 Å². The topological polar surface area (TPSA) is 60.4 Å². The number of Topliss-reactive ketones (excluding diaryl/α,β-unsaturated/α-hetero) is 1. The predicted octanol–water partition coefficient (Wildman–Crippen LogP) is 4.43. The van der Waals surface area contributed by atoms with Crippen LogP contribution in [0.2, 0.25) is 0 Å². The second-order valence-electron chi connectivity index (χ2n) is 9.53. The molecule has 0 aromatic rings. The summed E-state index contributed by atoms with van der Waals surface area (Å²) >= 11 is 0. The normalized spacial score (nSPS) is 32.3. The van der Waals surface area contributed by atoms with Crippen molar-refractivity contribution in [2.45, 2.75) is 73.3 Å². The van der Waals surface area contributed by atoms with Crippen molar-refractivity contribution in [3.8, 4) is 0 Å². The minimum atomic E-state index is -0.257. The van der Waals surface area contributed by atoms with Crippen LogP contribution in [-0.4, -0.2) is 23.6 Å². The third-order valence-corrected chi connectivity index (χ3v) is 7.41. The molecule has 0 aromatic heterocycles. The summed E-state index contributed by atoms with van der Waals surface area (Å²) in [4.78, 5) is 37.3. The summed E-state index contributed by atoms with van der Waals surface area (Å²) in [6.07, 6.45) is 4.05. The Kier molecular flexibility index (Phi) is 5.22. The predicted molar refractivity (Wildman–Crippen MR) is 104 cm³/mol. The maximum atomic E-state index is 12.7. The lowest BCUT2D eigenvalue weighted by atomic mass is 9.45. The zero-order valence-corrected chi connectivity index (χ0v) is 17.4. The second-order valence-corrected chi connectivity index (χ2v) is 9.53. The van der Waals surface area contributed by atoms with E-state index in [2.05, 4.69) is 20.8 Å². The average Bonchev–Trinajstić information content (AvgIpc) is 2.59. The van der Waals surface area contributed by atoms with Crippen molar-refractivity contribution in [1.29, 1.82) is 0 Å². The number of rotatable bonds is 5. The van der Waals surface area contributed by atoms with E-state index in [0.717, 1.165) is 6.42 Å². The van der Waals surface area contributed by atoms with Crippen LogP contribution in [0.1, 0.15) is 67.2 Å². The monoisotopic (exact) mass is 372 g/mol. The molecule has 4 heteroatoms. The molecule has 0 unspecified atom stereocenters. The largest absolute Gasteiger partial charge is 0.462 e. The number of fused-ring (bicyclic) bond motifs is 2. The minimum Gasteiger partial charge on any atom is -0.462 e. The van der Waals surface area contributed by atoms with Gasteiger partial charge in [-0.15, -0.1) is 0 Å². The Morgan fingerprint density at radius 3 is 2.48 bits per heavy atom. The Morgan fingerprint density at radius 1 is 1.26 bits per heavy atom. The van der Waals surface area contributed by atoms with E-state index in [-0.39, 0.29) is 42.4 Å². The molecule has 4 rings (SSSR count). The summed E-state index contributed by atoms with van der Waals surface area (Å²) in [7, 11) is 0. The molecule has 4 nitrogen and oxygen atoms in total. The minimum absolute atomic E-state index is 0.00494. The molecule has 0 spiro atoms. The number of ether oxygens (including phenoxy) is 1. The van der Waals surface area contributed by atoms with Crippen LogP contribution in [0.4, 0.5) is 0 Å². The molecule has 4 aliphatic carbocycles. The first-order valence-corrected chi connectivity index (χ1v) is 10.2. The lowest BCUT2D eigenvalue weighted by molar-refractivity contribution is -0.186. The second kappa shape index (κ2) is 7.03. The van der Waals surface area contributed by atoms with E-state index in [9.17, 15) is 14.4 Å². The Hall–Kier alpha value is -1.71. The van der Waals surface area contributed by atoms with E-state index in [1.807, 2.05) is 13.8 Å². The number of hydrogen-bond acceptors (Lipinski definition) is 4. The van der Waals surface area contributed by atoms with Gasteiger partial charge in [0.2, 0.25) is 0 Å². The molecule has 148 valence electrons. The third-order valence-electron chi connectivity index (χ3n) is 7.41. The van der Waals surface area contributed by atoms with E-state index in [1.54, 1.807) is 6.92 Å². The highest BCUT2D eigenvalue weighted by Crippen LogP contribution is 2.61. The Bertz CT molecular complexity index is 737. The molecule has 0 aromatic carbocycles. The summed E-state index contributed by atoms with van der Waals surface area (Å²) in [5.41, 5.74) is 1.84. The van der Waals surface area contributed by atoms with Crippen LogP contribution in [-0.2, 0) is 19.1 Å². The first-order valence-electron chi connectivity index (χ1n) is 10.2. The fourth-order valence-electron chi connectivity index (χ4n) is 5.25. The molecule has 4 atom stereocenters. The van der Waals surface area contributed by atoms with Gasteiger partial charge in [-0.25, -0.2) is 0 Å². The molecular weight excluding hydrogens is 340 g/mol. The summed E-state index contributed by atoms with van der Waals surface area (Å²) in [5, 5.41) is 0. The van der Waals surface area contributed by atoms with Gasteiger partial charge in [-0.05, 0) is 61.3 Å². The molecule has 0 N–H and O–H groups in total. The van der Waals surface area contributed by atoms with E-state index in [4.69, 9.17) is 4.74 Å². The average molecular weight is 373 g/mol. The molecule has 0 saturated heterocycles. The summed E-state index contributed by atoms with van der Waals surface area (Å²) in [6.45, 7) is 12.3. The van der Waals surface area contributed by atoms with Crippen LogP contribution >= 0.6 is 0 Å². The van der Waals surface area contributed by atoms with Crippen molar-refractivity contribution in [3.63, 3.8) is 0 Å². The standard InChI is InChI=1S/C23H32O4/c1-12(2)17-11-19(24)13(3)16(22(17)26)7-8-21(25)27-20-10-15-9-18(14(20)4)23(15,5)6/h11-12,14-15,18,20H,7-10H2,1-6H3/t14-,15-,18-,20-/m1/s1. The number of carbonyl (C=O) groups excluding carboxylic acids is 3. The Balaban J connectivity index is 1.59. The zero-order chi connectivity index (χ0) is 20.1. The SMILES string of the molecule is CC1=C(CCC(=O)O[C@@H]2C[C@H]3C[C@H]([C@H]2C)C3(C)C)C(=O)C(C(C)C)=CC1=O. The van der Waals surface area contributed by atoms with E-state index in [1.165, 1.54) is 12.5 Å². The number of ketones is 2. The van der Waals surface area contributed by atoms with Gasteiger partial charge >= 0.3 is 5.97 Å². The van der Waals surface area contributed by atoms with Crippen LogP contribution < -0.4 is 0 Å². The van der Waals surface area contributed by atoms with Gasteiger partial charge in [0.15, 0.2) is 11.6 Å². The van der Waals surface area contributed by atoms with Gasteiger partial charge in [0.05, 0.1) is 0 Å². The zero-order valence-electron chi connectivity index (χ0n) is 17.4. The molecule has 27 heavy (non-hydrogen) atoms. The lowest BCUT2D eigenvalue weighted by Gasteiger charge is -2.61. The van der Waals surface area contributed by atoms with Gasteiger partial charge < -0.3 is 4.74 Å². The van der Waals surface area contributed by atoms with Gasteiger partial charge in [0, 0.05) is 23.1 Å². The van der Waals surface area contributed by atoms with Gasteiger partial charge in [-0.3, -0.25) is 14.4 Å². The van der Waals surface area contributed by atoms with Crippen molar-refractivity contribution < 1.29 is 19.1 Å². The molecule has 3 saturated carbocycles. The highest BCUT2D eigenvalue weighted by Gasteiger charge is 2.57. The first-order chi connectivity index (χ1) is 12.5. The number of esters is 1. The Labute approximate surface area is 162 Å². The molecule has 0 radical (unpaired) electrons. The fourth-order valence-corrected chi connectivity index (χ4v) is 5.25. The molecule has 0 aliphatic heterocycles. The van der Waals surface area contributed by atoms with Gasteiger partial charge in [-0.1, -0.05) is 34.6 Å². The maximum Gasteiger partial charge on any atom is 0.306 e. The smallest absolute Gasteiger partial charge is 0.306 e. The highest BCUT2D eigenvalue weighted by molar-refractivity contribution is 6.22. The lowest BCUT2D eigenvalue weighted by Crippen LogP contribution is -2.57. The van der Waals surface area contributed by atoms with Crippen LogP contribution in [0.25, 0.3) is 0 Å². The molecule has 3 fully saturated rings. The van der Waals surface area contributed by atoms with Gasteiger partial charge in [0.25, 0.3) is 0 Å². The van der Waals surface area contributed by atoms with E-state index < -0.39 is 0 Å². The first kappa shape index (κ1) is 20.0. The van der Waals surface area contributed by atoms with Crippen LogP contribution in [0.3, 0.4) is 0 Å². The number of carbonyl (C=O) groups is 3. The highest BCUT2D eigenvalue weighted by atomic mass is 16.5. The maximum absolute atomic E-state index is 12.7. The van der Waals surface area contributed by atoms with Crippen LogP contribution in [0, 0.1) is 29.1 Å². The molecular formula is C23H32O4.